The Morgan fingerprint density at radius 2 is 2.06 bits per heavy atom. The molecule has 1 saturated heterocycles. The highest BCUT2D eigenvalue weighted by Gasteiger charge is 2.33. The number of hydrogen-bond acceptors (Lipinski definition) is 6. The third kappa shape index (κ3) is 4.70. The summed E-state index contributed by atoms with van der Waals surface area (Å²) in [5.41, 5.74) is 4.02. The molecule has 1 atom stereocenters. The van der Waals surface area contributed by atoms with Gasteiger partial charge in [0.1, 0.15) is 5.82 Å². The highest BCUT2D eigenvalue weighted by atomic mass is 16.5. The van der Waals surface area contributed by atoms with E-state index in [1.165, 1.54) is 0 Å². The average molecular weight is 451 g/mol. The van der Waals surface area contributed by atoms with Gasteiger partial charge >= 0.3 is 0 Å². The second kappa shape index (κ2) is 9.69. The molecule has 33 heavy (non-hydrogen) atoms. The highest BCUT2D eigenvalue weighted by molar-refractivity contribution is 6.00. The van der Waals surface area contributed by atoms with E-state index in [9.17, 15) is 4.79 Å². The second-order valence-corrected chi connectivity index (χ2v) is 9.45. The minimum atomic E-state index is 0.0257. The summed E-state index contributed by atoms with van der Waals surface area (Å²) in [7, 11) is 1.77. The van der Waals surface area contributed by atoms with E-state index in [4.69, 9.17) is 9.47 Å². The van der Waals surface area contributed by atoms with Crippen molar-refractivity contribution in [2.75, 3.05) is 41.9 Å². The number of pyridine rings is 1. The standard InChI is InChI=1S/C26H34N4O3/c1-18-16-29(13-4-14-33-18)21-8-11-23-24(15-21)30(17-20-5-3-12-27-25(20)28-23)26(31)19-6-9-22(32-2)10-7-19/h3,5,8,11-12,15,18-19,22H,4,6-7,9-10,13-14,16-17H2,1-2H3,(H,27,28). The minimum Gasteiger partial charge on any atom is -0.381 e. The van der Waals surface area contributed by atoms with Crippen LogP contribution in [-0.4, -0.2) is 49.9 Å². The maximum atomic E-state index is 13.9. The molecule has 176 valence electrons. The van der Waals surface area contributed by atoms with Crippen molar-refractivity contribution in [3.05, 3.63) is 42.1 Å². The SMILES string of the molecule is COC1CCC(C(=O)N2Cc3cccnc3Nc3ccc(N4CCCOC(C)C4)cc32)CC1. The van der Waals surface area contributed by atoms with Crippen molar-refractivity contribution in [3.63, 3.8) is 0 Å². The van der Waals surface area contributed by atoms with Crippen LogP contribution in [0.5, 0.6) is 0 Å². The number of fused-ring (bicyclic) bond motifs is 2. The summed E-state index contributed by atoms with van der Waals surface area (Å²) in [6.45, 7) is 5.24. The van der Waals surface area contributed by atoms with Gasteiger partial charge < -0.3 is 24.6 Å². The Morgan fingerprint density at radius 3 is 2.88 bits per heavy atom. The second-order valence-electron chi connectivity index (χ2n) is 9.45. The third-order valence-electron chi connectivity index (χ3n) is 7.19. The number of benzene rings is 1. The van der Waals surface area contributed by atoms with Crippen LogP contribution in [0.1, 0.15) is 44.6 Å². The Labute approximate surface area is 196 Å². The number of nitrogens with one attached hydrogen (secondary N) is 1. The molecule has 2 fully saturated rings. The van der Waals surface area contributed by atoms with Crippen molar-refractivity contribution in [3.8, 4) is 0 Å². The summed E-state index contributed by atoms with van der Waals surface area (Å²) in [4.78, 5) is 22.8. The summed E-state index contributed by atoms with van der Waals surface area (Å²) in [6, 6.07) is 10.4. The molecule has 2 aliphatic heterocycles. The molecule has 1 aromatic carbocycles. The Balaban J connectivity index is 1.49. The molecule has 0 bridgehead atoms. The predicted octanol–water partition coefficient (Wildman–Crippen LogP) is 4.49. The van der Waals surface area contributed by atoms with Gasteiger partial charge in [-0.25, -0.2) is 4.98 Å². The number of methoxy groups -OCH3 is 1. The Morgan fingerprint density at radius 1 is 1.21 bits per heavy atom. The molecule has 1 N–H and O–H groups in total. The monoisotopic (exact) mass is 450 g/mol. The van der Waals surface area contributed by atoms with E-state index in [1.54, 1.807) is 13.3 Å². The Hall–Kier alpha value is -2.64. The molecular weight excluding hydrogens is 416 g/mol. The van der Waals surface area contributed by atoms with E-state index in [1.807, 2.05) is 11.0 Å². The van der Waals surface area contributed by atoms with E-state index < -0.39 is 0 Å². The molecule has 1 unspecified atom stereocenters. The zero-order valence-electron chi connectivity index (χ0n) is 19.6. The van der Waals surface area contributed by atoms with Gasteiger partial charge in [0.25, 0.3) is 0 Å². The zero-order valence-corrected chi connectivity index (χ0v) is 19.6. The molecule has 5 rings (SSSR count). The van der Waals surface area contributed by atoms with Gasteiger partial charge in [-0.05, 0) is 63.3 Å². The molecule has 7 nitrogen and oxygen atoms in total. The first kappa shape index (κ1) is 22.2. The number of ether oxygens (including phenoxy) is 2. The van der Waals surface area contributed by atoms with Crippen LogP contribution in [0.3, 0.4) is 0 Å². The van der Waals surface area contributed by atoms with Gasteiger partial charge in [0.15, 0.2) is 0 Å². The number of hydrogen-bond donors (Lipinski definition) is 1. The molecular formula is C26H34N4O3. The summed E-state index contributed by atoms with van der Waals surface area (Å²) in [6.07, 6.45) is 6.88. The van der Waals surface area contributed by atoms with Crippen molar-refractivity contribution in [2.45, 2.75) is 57.8 Å². The van der Waals surface area contributed by atoms with Crippen LogP contribution in [0.2, 0.25) is 0 Å². The number of nitrogens with zero attached hydrogens (tertiary/aromatic N) is 3. The Kier molecular flexibility index (Phi) is 6.51. The fourth-order valence-electron chi connectivity index (χ4n) is 5.30. The summed E-state index contributed by atoms with van der Waals surface area (Å²) in [5.74, 6) is 1.05. The van der Waals surface area contributed by atoms with Gasteiger partial charge in [-0.1, -0.05) is 6.07 Å². The molecule has 1 saturated carbocycles. The lowest BCUT2D eigenvalue weighted by Gasteiger charge is -2.32. The van der Waals surface area contributed by atoms with Crippen molar-refractivity contribution >= 4 is 28.8 Å². The first-order valence-electron chi connectivity index (χ1n) is 12.2. The van der Waals surface area contributed by atoms with Crippen molar-refractivity contribution in [1.29, 1.82) is 0 Å². The molecule has 3 heterocycles. The molecule has 0 radical (unpaired) electrons. The quantitative estimate of drug-likeness (QED) is 0.743. The highest BCUT2D eigenvalue weighted by Crippen LogP contribution is 2.40. The lowest BCUT2D eigenvalue weighted by atomic mass is 9.86. The summed E-state index contributed by atoms with van der Waals surface area (Å²) >= 11 is 0. The largest absolute Gasteiger partial charge is 0.381 e. The topological polar surface area (TPSA) is 66.9 Å². The normalized spacial score (nSPS) is 25.3. The van der Waals surface area contributed by atoms with Crippen LogP contribution < -0.4 is 15.1 Å². The van der Waals surface area contributed by atoms with Gasteiger partial charge in [0.05, 0.1) is 30.1 Å². The number of carbonyl (C=O) groups is 1. The number of anilines is 4. The van der Waals surface area contributed by atoms with Gasteiger partial charge in [-0.15, -0.1) is 0 Å². The number of carbonyl (C=O) groups excluding carboxylic acids is 1. The van der Waals surface area contributed by atoms with Crippen molar-refractivity contribution in [1.82, 2.24) is 4.98 Å². The van der Waals surface area contributed by atoms with E-state index >= 15 is 0 Å². The van der Waals surface area contributed by atoms with Gasteiger partial charge in [-0.3, -0.25) is 4.79 Å². The predicted molar refractivity (Wildman–Crippen MR) is 130 cm³/mol. The molecule has 1 amide bonds. The fraction of sp³-hybridized carbons (Fsp3) is 0.538. The van der Waals surface area contributed by atoms with E-state index in [0.29, 0.717) is 6.54 Å². The molecule has 3 aliphatic rings. The van der Waals surface area contributed by atoms with Crippen LogP contribution in [0, 0.1) is 5.92 Å². The van der Waals surface area contributed by atoms with Crippen LogP contribution in [0.25, 0.3) is 0 Å². The van der Waals surface area contributed by atoms with Crippen molar-refractivity contribution < 1.29 is 14.3 Å². The summed E-state index contributed by atoms with van der Waals surface area (Å²) in [5, 5.41) is 3.49. The van der Waals surface area contributed by atoms with Crippen LogP contribution >= 0.6 is 0 Å². The number of aromatic nitrogens is 1. The third-order valence-corrected chi connectivity index (χ3v) is 7.19. The van der Waals surface area contributed by atoms with Gasteiger partial charge in [-0.2, -0.15) is 0 Å². The van der Waals surface area contributed by atoms with E-state index in [2.05, 4.69) is 46.4 Å². The fourth-order valence-corrected chi connectivity index (χ4v) is 5.30. The number of rotatable bonds is 3. The van der Waals surface area contributed by atoms with Crippen molar-refractivity contribution in [2.24, 2.45) is 5.92 Å². The van der Waals surface area contributed by atoms with Crippen LogP contribution in [-0.2, 0) is 20.8 Å². The average Bonchev–Trinajstić information content (AvgIpc) is 3.17. The lowest BCUT2D eigenvalue weighted by molar-refractivity contribution is -0.124. The molecule has 2 aromatic rings. The van der Waals surface area contributed by atoms with E-state index in [-0.39, 0.29) is 24.0 Å². The van der Waals surface area contributed by atoms with Gasteiger partial charge in [0.2, 0.25) is 5.91 Å². The summed E-state index contributed by atoms with van der Waals surface area (Å²) < 4.78 is 11.4. The maximum Gasteiger partial charge on any atom is 0.230 e. The van der Waals surface area contributed by atoms with Crippen LogP contribution in [0.15, 0.2) is 36.5 Å². The van der Waals surface area contributed by atoms with Gasteiger partial charge in [0, 0.05) is 50.2 Å². The lowest BCUT2D eigenvalue weighted by Crippen LogP contribution is -2.38. The zero-order chi connectivity index (χ0) is 22.8. The molecule has 1 aromatic heterocycles. The minimum absolute atomic E-state index is 0.0257. The molecule has 7 heteroatoms. The van der Waals surface area contributed by atoms with Crippen LogP contribution in [0.4, 0.5) is 22.9 Å². The molecule has 1 aliphatic carbocycles. The first-order chi connectivity index (χ1) is 16.1. The Bertz CT molecular complexity index is 989. The smallest absolute Gasteiger partial charge is 0.230 e. The van der Waals surface area contributed by atoms with E-state index in [0.717, 1.165) is 80.2 Å². The maximum absolute atomic E-state index is 13.9. The number of amides is 1. The molecule has 0 spiro atoms. The first-order valence-corrected chi connectivity index (χ1v) is 12.2.